The Morgan fingerprint density at radius 2 is 2.00 bits per heavy atom. The lowest BCUT2D eigenvalue weighted by molar-refractivity contribution is 0.398. The van der Waals surface area contributed by atoms with Gasteiger partial charge in [-0.3, -0.25) is 0 Å². The van der Waals surface area contributed by atoms with Gasteiger partial charge >= 0.3 is 0 Å². The zero-order valence-corrected chi connectivity index (χ0v) is 9.84. The van der Waals surface area contributed by atoms with Crippen molar-refractivity contribution in [2.24, 2.45) is 0 Å². The van der Waals surface area contributed by atoms with E-state index in [1.807, 2.05) is 30.5 Å². The Balaban J connectivity index is 1.85. The highest BCUT2D eigenvalue weighted by molar-refractivity contribution is 5.79. The van der Waals surface area contributed by atoms with Gasteiger partial charge in [0.15, 0.2) is 0 Å². The van der Waals surface area contributed by atoms with Crippen molar-refractivity contribution in [3.63, 3.8) is 0 Å². The second-order valence-corrected chi connectivity index (χ2v) is 3.85. The first-order valence-electron chi connectivity index (χ1n) is 5.55. The first-order valence-corrected chi connectivity index (χ1v) is 5.55. The Kier molecular flexibility index (Phi) is 2.57. The molecule has 0 saturated heterocycles. The lowest BCUT2D eigenvalue weighted by Crippen LogP contribution is -1.93. The van der Waals surface area contributed by atoms with Crippen molar-refractivity contribution in [2.45, 2.75) is 0 Å². The summed E-state index contributed by atoms with van der Waals surface area (Å²) in [5, 5.41) is 4.31. The molecule has 0 bridgehead atoms. The third-order valence-corrected chi connectivity index (χ3v) is 2.63. The summed E-state index contributed by atoms with van der Waals surface area (Å²) in [6.07, 6.45) is 5.37. The van der Waals surface area contributed by atoms with Crippen LogP contribution in [0.1, 0.15) is 0 Å². The lowest BCUT2D eigenvalue weighted by atomic mass is 10.3. The minimum atomic E-state index is 0.597. The Labute approximate surface area is 104 Å². The van der Waals surface area contributed by atoms with Crippen LogP contribution in [-0.4, -0.2) is 22.1 Å². The third kappa shape index (κ3) is 1.98. The molecule has 18 heavy (non-hydrogen) atoms. The van der Waals surface area contributed by atoms with E-state index in [0.29, 0.717) is 5.88 Å². The molecule has 0 aliphatic carbocycles. The van der Waals surface area contributed by atoms with E-state index in [-0.39, 0.29) is 0 Å². The van der Waals surface area contributed by atoms with Gasteiger partial charge in [0.1, 0.15) is 5.65 Å². The van der Waals surface area contributed by atoms with Crippen molar-refractivity contribution in [3.8, 4) is 5.88 Å². The number of anilines is 2. The van der Waals surface area contributed by atoms with Gasteiger partial charge in [-0.1, -0.05) is 0 Å². The molecule has 3 rings (SSSR count). The quantitative estimate of drug-likeness (QED) is 0.738. The molecule has 3 aromatic rings. The van der Waals surface area contributed by atoms with Crippen LogP contribution in [0.25, 0.3) is 11.0 Å². The van der Waals surface area contributed by atoms with E-state index in [2.05, 4.69) is 20.3 Å². The van der Waals surface area contributed by atoms with Crippen molar-refractivity contribution in [2.75, 3.05) is 12.4 Å². The fraction of sp³-hybridized carbons (Fsp3) is 0.0769. The van der Waals surface area contributed by atoms with Gasteiger partial charge < -0.3 is 15.0 Å². The topological polar surface area (TPSA) is 62.8 Å². The molecular formula is C13H12N4O. The summed E-state index contributed by atoms with van der Waals surface area (Å²) in [5.74, 6) is 0.597. The number of rotatable bonds is 3. The van der Waals surface area contributed by atoms with Crippen LogP contribution >= 0.6 is 0 Å². The highest BCUT2D eigenvalue weighted by Crippen LogP contribution is 2.20. The van der Waals surface area contributed by atoms with Crippen LogP contribution in [0.2, 0.25) is 0 Å². The number of hydrogen-bond donors (Lipinski definition) is 2. The van der Waals surface area contributed by atoms with E-state index in [4.69, 9.17) is 4.74 Å². The Hall–Kier alpha value is -2.56. The van der Waals surface area contributed by atoms with Gasteiger partial charge in [-0.2, -0.15) is 0 Å². The normalized spacial score (nSPS) is 10.5. The monoisotopic (exact) mass is 240 g/mol. The van der Waals surface area contributed by atoms with Gasteiger partial charge in [-0.25, -0.2) is 9.97 Å². The number of fused-ring (bicyclic) bond motifs is 1. The van der Waals surface area contributed by atoms with Gasteiger partial charge in [0.2, 0.25) is 5.88 Å². The van der Waals surface area contributed by atoms with Crippen molar-refractivity contribution in [1.82, 2.24) is 15.0 Å². The van der Waals surface area contributed by atoms with E-state index in [1.54, 1.807) is 19.5 Å². The Morgan fingerprint density at radius 3 is 2.78 bits per heavy atom. The average molecular weight is 240 g/mol. The number of hydrogen-bond acceptors (Lipinski definition) is 4. The number of nitrogens with one attached hydrogen (secondary N) is 2. The van der Waals surface area contributed by atoms with Crippen LogP contribution in [0, 0.1) is 0 Å². The first-order chi connectivity index (χ1) is 8.85. The molecule has 0 aromatic carbocycles. The molecular weight excluding hydrogens is 228 g/mol. The van der Waals surface area contributed by atoms with E-state index in [9.17, 15) is 0 Å². The molecule has 5 nitrogen and oxygen atoms in total. The molecule has 0 radical (unpaired) electrons. The van der Waals surface area contributed by atoms with Gasteiger partial charge in [0.25, 0.3) is 0 Å². The second kappa shape index (κ2) is 4.37. The predicted molar refractivity (Wildman–Crippen MR) is 70.2 cm³/mol. The molecule has 0 saturated carbocycles. The number of ether oxygens (including phenoxy) is 1. The summed E-state index contributed by atoms with van der Waals surface area (Å²) in [7, 11) is 1.60. The Bertz CT molecular complexity index is 660. The van der Waals surface area contributed by atoms with Gasteiger partial charge in [-0.05, 0) is 18.2 Å². The minimum absolute atomic E-state index is 0.597. The van der Waals surface area contributed by atoms with Crippen molar-refractivity contribution in [1.29, 1.82) is 0 Å². The van der Waals surface area contributed by atoms with Gasteiger partial charge in [0, 0.05) is 17.6 Å². The molecule has 0 amide bonds. The molecule has 0 unspecified atom stereocenters. The number of nitrogens with zero attached hydrogens (tertiary/aromatic N) is 2. The van der Waals surface area contributed by atoms with Crippen molar-refractivity contribution < 1.29 is 4.74 Å². The molecule has 0 aliphatic heterocycles. The number of aromatic amines is 1. The second-order valence-electron chi connectivity index (χ2n) is 3.85. The predicted octanol–water partition coefficient (Wildman–Crippen LogP) is 2.71. The zero-order valence-electron chi connectivity index (χ0n) is 9.84. The zero-order chi connectivity index (χ0) is 12.4. The molecule has 3 heterocycles. The van der Waals surface area contributed by atoms with E-state index in [0.717, 1.165) is 22.4 Å². The van der Waals surface area contributed by atoms with Gasteiger partial charge in [-0.15, -0.1) is 0 Å². The smallest absolute Gasteiger partial charge is 0.213 e. The van der Waals surface area contributed by atoms with Crippen molar-refractivity contribution >= 4 is 22.4 Å². The number of H-pyrrole nitrogens is 1. The van der Waals surface area contributed by atoms with Crippen LogP contribution < -0.4 is 10.1 Å². The van der Waals surface area contributed by atoms with E-state index >= 15 is 0 Å². The van der Waals surface area contributed by atoms with Gasteiger partial charge in [0.05, 0.1) is 30.9 Å². The van der Waals surface area contributed by atoms with Crippen LogP contribution in [0.15, 0.2) is 42.9 Å². The standard InChI is InChI=1S/C13H12N4O/c1-18-12-3-2-10(7-15-12)17-11-6-9-4-5-14-13(9)16-8-11/h2-8,17H,1H3,(H,14,16). The van der Waals surface area contributed by atoms with E-state index < -0.39 is 0 Å². The van der Waals surface area contributed by atoms with Crippen LogP contribution in [0.3, 0.4) is 0 Å². The molecule has 90 valence electrons. The molecule has 2 N–H and O–H groups in total. The summed E-state index contributed by atoms with van der Waals surface area (Å²) in [6, 6.07) is 7.74. The lowest BCUT2D eigenvalue weighted by Gasteiger charge is -2.06. The molecule has 5 heteroatoms. The third-order valence-electron chi connectivity index (χ3n) is 2.63. The van der Waals surface area contributed by atoms with Crippen LogP contribution in [0.5, 0.6) is 5.88 Å². The summed E-state index contributed by atoms with van der Waals surface area (Å²) in [6.45, 7) is 0. The molecule has 0 aliphatic rings. The fourth-order valence-electron chi connectivity index (χ4n) is 1.75. The highest BCUT2D eigenvalue weighted by atomic mass is 16.5. The maximum Gasteiger partial charge on any atom is 0.213 e. The Morgan fingerprint density at radius 1 is 1.11 bits per heavy atom. The van der Waals surface area contributed by atoms with Crippen LogP contribution in [0.4, 0.5) is 11.4 Å². The average Bonchev–Trinajstić information content (AvgIpc) is 2.87. The highest BCUT2D eigenvalue weighted by Gasteiger charge is 2.00. The number of pyridine rings is 2. The number of aromatic nitrogens is 3. The van der Waals surface area contributed by atoms with E-state index in [1.165, 1.54) is 0 Å². The maximum absolute atomic E-state index is 5.01. The fourth-order valence-corrected chi connectivity index (χ4v) is 1.75. The van der Waals surface area contributed by atoms with Crippen LogP contribution in [-0.2, 0) is 0 Å². The summed E-state index contributed by atoms with van der Waals surface area (Å²) < 4.78 is 5.01. The SMILES string of the molecule is COc1ccc(Nc2cnc3[nH]ccc3c2)cn1. The first kappa shape index (κ1) is 10.6. The van der Waals surface area contributed by atoms with Crippen molar-refractivity contribution in [3.05, 3.63) is 42.9 Å². The molecule has 3 aromatic heterocycles. The number of methoxy groups -OCH3 is 1. The molecule has 0 atom stereocenters. The summed E-state index contributed by atoms with van der Waals surface area (Å²) in [4.78, 5) is 11.5. The maximum atomic E-state index is 5.01. The summed E-state index contributed by atoms with van der Waals surface area (Å²) >= 11 is 0. The minimum Gasteiger partial charge on any atom is -0.481 e. The molecule has 0 spiro atoms. The summed E-state index contributed by atoms with van der Waals surface area (Å²) in [5.41, 5.74) is 2.70. The largest absolute Gasteiger partial charge is 0.481 e. The molecule has 0 fully saturated rings.